The Bertz CT molecular complexity index is 853. The largest absolute Gasteiger partial charge is 0.508 e. The van der Waals surface area contributed by atoms with Crippen LogP contribution in [0.25, 0.3) is 12.2 Å². The van der Waals surface area contributed by atoms with Crippen molar-refractivity contribution in [2.75, 3.05) is 13.9 Å². The first-order chi connectivity index (χ1) is 13.0. The molecule has 0 heterocycles. The molecule has 0 saturated heterocycles. The highest BCUT2D eigenvalue weighted by Gasteiger charge is 2.05. The number of ketones is 2. The zero-order valence-electron chi connectivity index (χ0n) is 14.7. The molecule has 0 saturated carbocycles. The van der Waals surface area contributed by atoms with Gasteiger partial charge in [-0.3, -0.25) is 9.59 Å². The molecule has 27 heavy (non-hydrogen) atoms. The van der Waals surface area contributed by atoms with Crippen molar-refractivity contribution < 1.29 is 24.2 Å². The van der Waals surface area contributed by atoms with Crippen molar-refractivity contribution in [1.82, 2.24) is 0 Å². The van der Waals surface area contributed by atoms with Gasteiger partial charge in [-0.05, 0) is 53.6 Å². The van der Waals surface area contributed by atoms with Gasteiger partial charge in [-0.25, -0.2) is 0 Å². The monoisotopic (exact) mass is 430 g/mol. The van der Waals surface area contributed by atoms with Gasteiger partial charge >= 0.3 is 0 Å². The second-order valence-corrected chi connectivity index (χ2v) is 6.46. The molecule has 0 amide bonds. The van der Waals surface area contributed by atoms with E-state index in [1.807, 2.05) is 0 Å². The van der Waals surface area contributed by atoms with E-state index in [-0.39, 0.29) is 30.5 Å². The van der Waals surface area contributed by atoms with Crippen LogP contribution in [0.3, 0.4) is 0 Å². The van der Waals surface area contributed by atoms with Gasteiger partial charge in [0, 0.05) is 11.6 Å². The number of ether oxygens (including phenoxy) is 2. The van der Waals surface area contributed by atoms with Gasteiger partial charge in [-0.1, -0.05) is 40.2 Å². The molecule has 0 aliphatic rings. The maximum atomic E-state index is 12.0. The number of aromatic hydroxyl groups is 1. The van der Waals surface area contributed by atoms with Gasteiger partial charge in [0.25, 0.3) is 0 Å². The molecule has 0 unspecified atom stereocenters. The van der Waals surface area contributed by atoms with Crippen molar-refractivity contribution >= 4 is 39.6 Å². The molecule has 0 bridgehead atoms. The highest BCUT2D eigenvalue weighted by Crippen LogP contribution is 2.24. The Balaban J connectivity index is 1.94. The molecule has 2 rings (SSSR count). The first-order valence-corrected chi connectivity index (χ1v) is 8.89. The molecule has 5 nitrogen and oxygen atoms in total. The van der Waals surface area contributed by atoms with Crippen molar-refractivity contribution in [1.29, 1.82) is 0 Å². The average molecular weight is 431 g/mol. The topological polar surface area (TPSA) is 72.8 Å². The Morgan fingerprint density at radius 3 is 2.37 bits per heavy atom. The number of phenolic OH excluding ortho intramolecular Hbond substituents is 1. The first kappa shape index (κ1) is 20.6. The fraction of sp³-hybridized carbons (Fsp3) is 0.143. The van der Waals surface area contributed by atoms with E-state index in [1.165, 1.54) is 31.4 Å². The number of rotatable bonds is 9. The molecule has 0 fully saturated rings. The van der Waals surface area contributed by atoms with Crippen LogP contribution in [0, 0.1) is 0 Å². The van der Waals surface area contributed by atoms with Gasteiger partial charge in [0.15, 0.2) is 18.4 Å². The van der Waals surface area contributed by atoms with Crippen molar-refractivity contribution in [2.24, 2.45) is 0 Å². The van der Waals surface area contributed by atoms with E-state index >= 15 is 0 Å². The number of carbonyl (C=O) groups excluding carboxylic acids is 2. The Kier molecular flexibility index (Phi) is 7.98. The number of allylic oxidation sites excluding steroid dienone is 2. The molecule has 0 atom stereocenters. The van der Waals surface area contributed by atoms with Crippen LogP contribution < -0.4 is 4.74 Å². The van der Waals surface area contributed by atoms with E-state index in [2.05, 4.69) is 15.9 Å². The first-order valence-electron chi connectivity index (χ1n) is 8.10. The highest BCUT2D eigenvalue weighted by atomic mass is 79.9. The van der Waals surface area contributed by atoms with Crippen LogP contribution >= 0.6 is 15.9 Å². The fourth-order valence-electron chi connectivity index (χ4n) is 2.11. The van der Waals surface area contributed by atoms with Gasteiger partial charge in [-0.2, -0.15) is 0 Å². The molecule has 0 aromatic heterocycles. The Hall–Kier alpha value is -2.70. The third-order valence-electron chi connectivity index (χ3n) is 3.46. The third kappa shape index (κ3) is 7.21. The van der Waals surface area contributed by atoms with Crippen molar-refractivity contribution in [3.8, 4) is 11.5 Å². The second-order valence-electron chi connectivity index (χ2n) is 5.60. The van der Waals surface area contributed by atoms with Crippen molar-refractivity contribution in [2.45, 2.75) is 6.42 Å². The summed E-state index contributed by atoms with van der Waals surface area (Å²) in [4.78, 5) is 23.9. The average Bonchev–Trinajstić information content (AvgIpc) is 2.66. The Morgan fingerprint density at radius 2 is 1.70 bits per heavy atom. The van der Waals surface area contributed by atoms with E-state index in [9.17, 15) is 14.7 Å². The molecule has 0 spiro atoms. The second kappa shape index (κ2) is 10.4. The number of benzene rings is 2. The zero-order valence-corrected chi connectivity index (χ0v) is 16.3. The minimum atomic E-state index is -0.300. The zero-order chi connectivity index (χ0) is 19.6. The quantitative estimate of drug-likeness (QED) is 0.362. The summed E-state index contributed by atoms with van der Waals surface area (Å²) in [7, 11) is 1.53. The minimum Gasteiger partial charge on any atom is -0.508 e. The lowest BCUT2D eigenvalue weighted by Gasteiger charge is -2.06. The molecule has 0 aliphatic heterocycles. The van der Waals surface area contributed by atoms with Gasteiger partial charge in [0.1, 0.15) is 11.5 Å². The molecular weight excluding hydrogens is 412 g/mol. The molecule has 0 radical (unpaired) electrons. The number of methoxy groups -OCH3 is 1. The lowest BCUT2D eigenvalue weighted by Crippen LogP contribution is -2.02. The SMILES string of the molecule is COCOc1ccc(Br)c(/C=C/C(=O)CC(=O)/C=C/c2ccc(O)cc2)c1. The number of halogens is 1. The maximum Gasteiger partial charge on any atom is 0.188 e. The van der Waals surface area contributed by atoms with Crippen LogP contribution in [-0.4, -0.2) is 30.6 Å². The maximum absolute atomic E-state index is 12.0. The fourth-order valence-corrected chi connectivity index (χ4v) is 2.49. The number of hydrogen-bond donors (Lipinski definition) is 1. The predicted molar refractivity (Wildman–Crippen MR) is 107 cm³/mol. The normalized spacial score (nSPS) is 11.2. The smallest absolute Gasteiger partial charge is 0.188 e. The summed E-state index contributed by atoms with van der Waals surface area (Å²) in [6.07, 6.45) is 5.73. The summed E-state index contributed by atoms with van der Waals surface area (Å²) in [5.41, 5.74) is 1.52. The number of phenols is 1. The van der Waals surface area contributed by atoms with Gasteiger partial charge in [0.05, 0.1) is 6.42 Å². The number of hydrogen-bond acceptors (Lipinski definition) is 5. The molecule has 0 aliphatic carbocycles. The molecule has 2 aromatic carbocycles. The van der Waals surface area contributed by atoms with Crippen LogP contribution in [0.5, 0.6) is 11.5 Å². The summed E-state index contributed by atoms with van der Waals surface area (Å²) in [5.74, 6) is 0.168. The van der Waals surface area contributed by atoms with Gasteiger partial charge in [-0.15, -0.1) is 0 Å². The van der Waals surface area contributed by atoms with Crippen LogP contribution in [-0.2, 0) is 14.3 Å². The summed E-state index contributed by atoms with van der Waals surface area (Å²) in [6, 6.07) is 11.8. The van der Waals surface area contributed by atoms with Gasteiger partial charge < -0.3 is 14.6 Å². The Labute approximate surface area is 166 Å². The van der Waals surface area contributed by atoms with Crippen LogP contribution in [0.15, 0.2) is 59.1 Å². The summed E-state index contributed by atoms with van der Waals surface area (Å²) in [6.45, 7) is 0.131. The van der Waals surface area contributed by atoms with E-state index in [1.54, 1.807) is 42.5 Å². The van der Waals surface area contributed by atoms with Gasteiger partial charge in [0.2, 0.25) is 0 Å². The van der Waals surface area contributed by atoms with Crippen LogP contribution in [0.1, 0.15) is 17.5 Å². The van der Waals surface area contributed by atoms with Crippen molar-refractivity contribution in [3.05, 3.63) is 70.2 Å². The lowest BCUT2D eigenvalue weighted by molar-refractivity contribution is -0.121. The van der Waals surface area contributed by atoms with E-state index in [0.29, 0.717) is 5.75 Å². The van der Waals surface area contributed by atoms with E-state index < -0.39 is 0 Å². The Morgan fingerprint density at radius 1 is 1.04 bits per heavy atom. The molecular formula is C21H19BrO5. The highest BCUT2D eigenvalue weighted by molar-refractivity contribution is 9.10. The summed E-state index contributed by atoms with van der Waals surface area (Å²) in [5, 5.41) is 9.22. The van der Waals surface area contributed by atoms with Crippen LogP contribution in [0.2, 0.25) is 0 Å². The van der Waals surface area contributed by atoms with E-state index in [4.69, 9.17) is 9.47 Å². The molecule has 140 valence electrons. The lowest BCUT2D eigenvalue weighted by atomic mass is 10.1. The number of carbonyl (C=O) groups is 2. The summed E-state index contributed by atoms with van der Waals surface area (Å²) < 4.78 is 11.0. The standard InChI is InChI=1S/C21H19BrO5/c1-26-14-27-20-10-11-21(22)16(12-20)5-9-19(25)13-18(24)8-4-15-2-6-17(23)7-3-15/h2-12,23H,13-14H2,1H3/b8-4+,9-5+. The van der Waals surface area contributed by atoms with E-state index in [0.717, 1.165) is 15.6 Å². The molecule has 1 N–H and O–H groups in total. The minimum absolute atomic E-state index is 0.131. The van der Waals surface area contributed by atoms with Crippen LogP contribution in [0.4, 0.5) is 0 Å². The summed E-state index contributed by atoms with van der Waals surface area (Å²) >= 11 is 3.41. The predicted octanol–water partition coefficient (Wildman–Crippen LogP) is 4.39. The van der Waals surface area contributed by atoms with Crippen molar-refractivity contribution in [3.63, 3.8) is 0 Å². The molecule has 6 heteroatoms. The third-order valence-corrected chi connectivity index (χ3v) is 4.19. The molecule has 2 aromatic rings.